The van der Waals surface area contributed by atoms with E-state index in [1.807, 2.05) is 18.7 Å². The lowest BCUT2D eigenvalue weighted by molar-refractivity contribution is -0.133. The maximum absolute atomic E-state index is 10.6. The molecule has 0 saturated carbocycles. The lowest BCUT2D eigenvalue weighted by Gasteiger charge is -2.24. The van der Waals surface area contributed by atoms with Crippen LogP contribution in [0.4, 0.5) is 0 Å². The first-order valence-corrected chi connectivity index (χ1v) is 7.66. The Morgan fingerprint density at radius 2 is 2.47 bits per heavy atom. The Bertz CT molecular complexity index is 402. The van der Waals surface area contributed by atoms with Gasteiger partial charge in [0.05, 0.1) is 5.75 Å². The van der Waals surface area contributed by atoms with Gasteiger partial charge in [0, 0.05) is 11.8 Å². The van der Waals surface area contributed by atoms with Crippen molar-refractivity contribution in [1.82, 2.24) is 14.8 Å². The zero-order valence-corrected chi connectivity index (χ0v) is 11.3. The largest absolute Gasteiger partial charge is 0.481 e. The molecule has 1 fully saturated rings. The first-order chi connectivity index (χ1) is 8.18. The first kappa shape index (κ1) is 12.8. The number of aryl methyl sites for hydroxylation is 1. The number of carboxylic acid groups (broad SMARTS) is 1. The highest BCUT2D eigenvalue weighted by molar-refractivity contribution is 7.99. The SMILES string of the molecule is Cc1nnc(SCC(=O)O)n1C1CCCSC1. The van der Waals surface area contributed by atoms with Crippen LogP contribution < -0.4 is 0 Å². The number of thioether (sulfide) groups is 2. The molecule has 1 atom stereocenters. The molecule has 7 heteroatoms. The van der Waals surface area contributed by atoms with Crippen LogP contribution in [0.5, 0.6) is 0 Å². The van der Waals surface area contributed by atoms with Crippen molar-refractivity contribution in [2.75, 3.05) is 17.3 Å². The summed E-state index contributed by atoms with van der Waals surface area (Å²) < 4.78 is 2.10. The number of nitrogens with zero attached hydrogens (tertiary/aromatic N) is 3. The molecule has 1 aliphatic heterocycles. The van der Waals surface area contributed by atoms with Gasteiger partial charge < -0.3 is 9.67 Å². The van der Waals surface area contributed by atoms with Crippen LogP contribution >= 0.6 is 23.5 Å². The Kier molecular flexibility index (Phi) is 4.33. The molecule has 1 saturated heterocycles. The predicted octanol–water partition coefficient (Wildman–Crippen LogP) is 1.83. The second-order valence-electron chi connectivity index (χ2n) is 3.95. The number of aromatic nitrogens is 3. The summed E-state index contributed by atoms with van der Waals surface area (Å²) in [6.45, 7) is 1.93. The van der Waals surface area contributed by atoms with Crippen molar-refractivity contribution < 1.29 is 9.90 Å². The van der Waals surface area contributed by atoms with Crippen LogP contribution in [0, 0.1) is 6.92 Å². The summed E-state index contributed by atoms with van der Waals surface area (Å²) in [6, 6.07) is 0.417. The Labute approximate surface area is 108 Å². The van der Waals surface area contributed by atoms with E-state index >= 15 is 0 Å². The van der Waals surface area contributed by atoms with E-state index in [9.17, 15) is 4.79 Å². The van der Waals surface area contributed by atoms with E-state index in [1.165, 1.54) is 23.9 Å². The highest BCUT2D eigenvalue weighted by atomic mass is 32.2. The summed E-state index contributed by atoms with van der Waals surface area (Å²) in [5.41, 5.74) is 0. The van der Waals surface area contributed by atoms with E-state index in [0.717, 1.165) is 23.2 Å². The molecule has 1 aromatic heterocycles. The Hall–Kier alpha value is -0.690. The van der Waals surface area contributed by atoms with E-state index in [1.54, 1.807) is 0 Å². The molecule has 0 spiro atoms. The van der Waals surface area contributed by atoms with Gasteiger partial charge in [0.15, 0.2) is 5.16 Å². The van der Waals surface area contributed by atoms with Crippen LogP contribution in [0.2, 0.25) is 0 Å². The molecule has 0 aliphatic carbocycles. The van der Waals surface area contributed by atoms with E-state index in [-0.39, 0.29) is 5.75 Å². The second kappa shape index (κ2) is 5.77. The van der Waals surface area contributed by atoms with E-state index < -0.39 is 5.97 Å². The molecular formula is C10H15N3O2S2. The van der Waals surface area contributed by atoms with Crippen molar-refractivity contribution in [2.45, 2.75) is 31.0 Å². The van der Waals surface area contributed by atoms with Gasteiger partial charge in [-0.3, -0.25) is 4.79 Å². The Morgan fingerprint density at radius 1 is 1.65 bits per heavy atom. The van der Waals surface area contributed by atoms with Gasteiger partial charge in [-0.1, -0.05) is 11.8 Å². The molecule has 1 unspecified atom stereocenters. The van der Waals surface area contributed by atoms with Crippen molar-refractivity contribution in [3.05, 3.63) is 5.82 Å². The van der Waals surface area contributed by atoms with Gasteiger partial charge in [0.1, 0.15) is 5.82 Å². The summed E-state index contributed by atoms with van der Waals surface area (Å²) in [5.74, 6) is 2.39. The molecule has 0 amide bonds. The molecule has 2 rings (SSSR count). The summed E-state index contributed by atoms with van der Waals surface area (Å²) >= 11 is 3.19. The van der Waals surface area contributed by atoms with Crippen molar-refractivity contribution in [1.29, 1.82) is 0 Å². The van der Waals surface area contributed by atoms with Crippen LogP contribution in [-0.2, 0) is 4.79 Å². The quantitative estimate of drug-likeness (QED) is 0.844. The van der Waals surface area contributed by atoms with E-state index in [4.69, 9.17) is 5.11 Å². The van der Waals surface area contributed by atoms with Crippen molar-refractivity contribution >= 4 is 29.5 Å². The summed E-state index contributed by atoms with van der Waals surface area (Å²) in [7, 11) is 0. The normalized spacial score (nSPS) is 20.4. The number of aliphatic carboxylic acids is 1. The molecule has 0 aromatic carbocycles. The lowest BCUT2D eigenvalue weighted by Crippen LogP contribution is -2.18. The van der Waals surface area contributed by atoms with Gasteiger partial charge in [-0.05, 0) is 25.5 Å². The summed E-state index contributed by atoms with van der Waals surface area (Å²) in [6.07, 6.45) is 2.34. The zero-order chi connectivity index (χ0) is 12.3. The second-order valence-corrected chi connectivity index (χ2v) is 6.05. The predicted molar refractivity (Wildman–Crippen MR) is 68.7 cm³/mol. The van der Waals surface area contributed by atoms with Gasteiger partial charge in [0.2, 0.25) is 0 Å². The van der Waals surface area contributed by atoms with E-state index in [2.05, 4.69) is 14.8 Å². The fraction of sp³-hybridized carbons (Fsp3) is 0.700. The first-order valence-electron chi connectivity index (χ1n) is 5.52. The third-order valence-corrected chi connectivity index (χ3v) is 4.79. The van der Waals surface area contributed by atoms with Gasteiger partial charge >= 0.3 is 5.97 Å². The number of hydrogen-bond acceptors (Lipinski definition) is 5. The van der Waals surface area contributed by atoms with Crippen LogP contribution in [-0.4, -0.2) is 43.1 Å². The number of carboxylic acids is 1. The third-order valence-electron chi connectivity index (χ3n) is 2.66. The van der Waals surface area contributed by atoms with Crippen LogP contribution in [0.15, 0.2) is 5.16 Å². The number of carbonyl (C=O) groups is 1. The minimum absolute atomic E-state index is 0.0397. The molecule has 1 aliphatic rings. The van der Waals surface area contributed by atoms with Gasteiger partial charge in [-0.2, -0.15) is 11.8 Å². The average Bonchev–Trinajstić information content (AvgIpc) is 2.69. The van der Waals surface area contributed by atoms with E-state index in [0.29, 0.717) is 6.04 Å². The van der Waals surface area contributed by atoms with Gasteiger partial charge in [-0.25, -0.2) is 0 Å². The minimum atomic E-state index is -0.819. The molecule has 1 aromatic rings. The third kappa shape index (κ3) is 3.16. The van der Waals surface area contributed by atoms with Crippen molar-refractivity contribution in [3.8, 4) is 0 Å². The molecule has 5 nitrogen and oxygen atoms in total. The standard InChI is InChI=1S/C10H15N3O2S2/c1-7-11-12-10(17-6-9(14)15)13(7)8-3-2-4-16-5-8/h8H,2-6H2,1H3,(H,14,15). The summed E-state index contributed by atoms with van der Waals surface area (Å²) in [5, 5.41) is 17.6. The highest BCUT2D eigenvalue weighted by Crippen LogP contribution is 2.31. The van der Waals surface area contributed by atoms with Gasteiger partial charge in [0.25, 0.3) is 0 Å². The summed E-state index contributed by atoms with van der Waals surface area (Å²) in [4.78, 5) is 10.6. The average molecular weight is 273 g/mol. The number of hydrogen-bond donors (Lipinski definition) is 1. The molecule has 0 radical (unpaired) electrons. The Morgan fingerprint density at radius 3 is 3.12 bits per heavy atom. The van der Waals surface area contributed by atoms with Crippen molar-refractivity contribution in [2.24, 2.45) is 0 Å². The van der Waals surface area contributed by atoms with Crippen molar-refractivity contribution in [3.63, 3.8) is 0 Å². The fourth-order valence-electron chi connectivity index (χ4n) is 1.92. The fourth-order valence-corrected chi connectivity index (χ4v) is 3.82. The maximum atomic E-state index is 10.6. The van der Waals surface area contributed by atoms with Crippen LogP contribution in [0.3, 0.4) is 0 Å². The van der Waals surface area contributed by atoms with Gasteiger partial charge in [-0.15, -0.1) is 10.2 Å². The molecule has 94 valence electrons. The molecule has 17 heavy (non-hydrogen) atoms. The number of rotatable bonds is 4. The molecule has 1 N–H and O–H groups in total. The molecule has 0 bridgehead atoms. The Balaban J connectivity index is 2.13. The monoisotopic (exact) mass is 273 g/mol. The molecule has 2 heterocycles. The highest BCUT2D eigenvalue weighted by Gasteiger charge is 2.21. The topological polar surface area (TPSA) is 68.0 Å². The van der Waals surface area contributed by atoms with Crippen LogP contribution in [0.1, 0.15) is 24.7 Å². The smallest absolute Gasteiger partial charge is 0.313 e. The minimum Gasteiger partial charge on any atom is -0.481 e. The maximum Gasteiger partial charge on any atom is 0.313 e. The zero-order valence-electron chi connectivity index (χ0n) is 9.63. The lowest BCUT2D eigenvalue weighted by atomic mass is 10.2. The van der Waals surface area contributed by atoms with Crippen LogP contribution in [0.25, 0.3) is 0 Å². The molecular weight excluding hydrogens is 258 g/mol.